The summed E-state index contributed by atoms with van der Waals surface area (Å²) in [6.07, 6.45) is 0.560. The van der Waals surface area contributed by atoms with Gasteiger partial charge in [0.05, 0.1) is 25.8 Å². The summed E-state index contributed by atoms with van der Waals surface area (Å²) < 4.78 is 45.3. The molecule has 1 aromatic rings. The van der Waals surface area contributed by atoms with Gasteiger partial charge in [0.1, 0.15) is 17.7 Å². The summed E-state index contributed by atoms with van der Waals surface area (Å²) in [5, 5.41) is 0. The average Bonchev–Trinajstić information content (AvgIpc) is 2.83. The summed E-state index contributed by atoms with van der Waals surface area (Å²) in [4.78, 5) is 42.8. The van der Waals surface area contributed by atoms with E-state index in [9.17, 15) is 27.2 Å². The van der Waals surface area contributed by atoms with Crippen LogP contribution >= 0.6 is 0 Å². The van der Waals surface area contributed by atoms with Gasteiger partial charge >= 0.3 is 0 Å². The minimum Gasteiger partial charge on any atom is -0.379 e. The lowest BCUT2D eigenvalue weighted by Gasteiger charge is -2.51. The summed E-state index contributed by atoms with van der Waals surface area (Å²) in [5.41, 5.74) is 0.761. The SMILES string of the molecule is CN(C(=O)CS(=O)(=O)N1CCOCC1)C1CCCN2C(=O)C(=O)CN(Cc3ccc(F)cc3)C12. The van der Waals surface area contributed by atoms with Crippen LogP contribution in [-0.4, -0.2) is 109 Å². The molecule has 3 heterocycles. The first-order valence-corrected chi connectivity index (χ1v) is 12.9. The number of hydrogen-bond acceptors (Lipinski definition) is 7. The molecule has 2 amide bonds. The van der Waals surface area contributed by atoms with Crippen molar-refractivity contribution in [1.29, 1.82) is 0 Å². The number of rotatable bonds is 6. The third kappa shape index (κ3) is 5.14. The number of amides is 2. The van der Waals surface area contributed by atoms with E-state index in [0.717, 1.165) is 5.56 Å². The molecule has 0 radical (unpaired) electrons. The number of carbonyl (C=O) groups excluding carboxylic acids is 3. The van der Waals surface area contributed by atoms with Crippen molar-refractivity contribution in [1.82, 2.24) is 19.0 Å². The van der Waals surface area contributed by atoms with Gasteiger partial charge < -0.3 is 14.5 Å². The molecule has 2 unspecified atom stereocenters. The van der Waals surface area contributed by atoms with Crippen LogP contribution < -0.4 is 0 Å². The highest BCUT2D eigenvalue weighted by atomic mass is 32.2. The number of carbonyl (C=O) groups is 3. The van der Waals surface area contributed by atoms with Crippen LogP contribution in [0.3, 0.4) is 0 Å². The molecule has 1 aromatic carbocycles. The van der Waals surface area contributed by atoms with Crippen LogP contribution in [0.1, 0.15) is 18.4 Å². The minimum absolute atomic E-state index is 0.123. The molecular formula is C22H29FN4O6S. The van der Waals surface area contributed by atoms with Crippen molar-refractivity contribution in [3.05, 3.63) is 35.6 Å². The van der Waals surface area contributed by atoms with Gasteiger partial charge in [-0.05, 0) is 30.5 Å². The van der Waals surface area contributed by atoms with E-state index in [0.29, 0.717) is 19.4 Å². The fourth-order valence-electron chi connectivity index (χ4n) is 4.85. The Balaban J connectivity index is 1.54. The summed E-state index contributed by atoms with van der Waals surface area (Å²) >= 11 is 0. The topological polar surface area (TPSA) is 108 Å². The van der Waals surface area contributed by atoms with Gasteiger partial charge in [0.2, 0.25) is 21.7 Å². The van der Waals surface area contributed by atoms with Gasteiger partial charge in [-0.15, -0.1) is 0 Å². The van der Waals surface area contributed by atoms with E-state index >= 15 is 0 Å². The lowest BCUT2D eigenvalue weighted by molar-refractivity contribution is -0.165. The van der Waals surface area contributed by atoms with Gasteiger partial charge in [-0.2, -0.15) is 4.31 Å². The van der Waals surface area contributed by atoms with Crippen LogP contribution in [0, 0.1) is 5.82 Å². The fourth-order valence-corrected chi connectivity index (χ4v) is 6.26. The molecule has 0 N–H and O–H groups in total. The Morgan fingerprint density at radius 2 is 1.82 bits per heavy atom. The average molecular weight is 497 g/mol. The molecule has 0 spiro atoms. The second kappa shape index (κ2) is 10.1. The van der Waals surface area contributed by atoms with E-state index in [1.165, 1.54) is 26.2 Å². The molecule has 186 valence electrons. The zero-order valence-electron chi connectivity index (χ0n) is 19.1. The maximum Gasteiger partial charge on any atom is 0.292 e. The van der Waals surface area contributed by atoms with Gasteiger partial charge in [-0.1, -0.05) is 12.1 Å². The number of hydrogen-bond donors (Lipinski definition) is 0. The van der Waals surface area contributed by atoms with E-state index < -0.39 is 45.6 Å². The monoisotopic (exact) mass is 496 g/mol. The number of morpholine rings is 1. The van der Waals surface area contributed by atoms with E-state index in [1.54, 1.807) is 24.1 Å². The van der Waals surface area contributed by atoms with Gasteiger partial charge in [-0.3, -0.25) is 19.3 Å². The molecule has 3 saturated heterocycles. The van der Waals surface area contributed by atoms with Crippen molar-refractivity contribution in [3.63, 3.8) is 0 Å². The zero-order valence-corrected chi connectivity index (χ0v) is 19.9. The number of Topliss-reactive ketones (excluding diaryl/α,β-unsaturated/α-hetero) is 1. The Bertz CT molecular complexity index is 1040. The standard InChI is InChI=1S/C22H29FN4O6S/c1-24(20(29)15-34(31,32)26-9-11-33-12-10-26)18-3-2-8-27-21(18)25(14-19(28)22(27)30)13-16-4-6-17(23)7-5-16/h4-7,18,21H,2-3,8-15H2,1H3. The molecule has 2 atom stereocenters. The van der Waals surface area contributed by atoms with Crippen LogP contribution in [0.25, 0.3) is 0 Å². The van der Waals surface area contributed by atoms with Crippen molar-refractivity contribution in [2.45, 2.75) is 31.6 Å². The quantitative estimate of drug-likeness (QED) is 0.496. The molecule has 3 aliphatic rings. The molecule has 0 aliphatic carbocycles. The van der Waals surface area contributed by atoms with Crippen LogP contribution in [0.2, 0.25) is 0 Å². The number of ether oxygens (including phenoxy) is 1. The normalized spacial score (nSPS) is 24.7. The number of sulfonamides is 1. The Morgan fingerprint density at radius 1 is 1.15 bits per heavy atom. The molecule has 0 bridgehead atoms. The maximum atomic E-state index is 13.3. The van der Waals surface area contributed by atoms with E-state index in [4.69, 9.17) is 4.74 Å². The summed E-state index contributed by atoms with van der Waals surface area (Å²) in [6.45, 7) is 1.53. The second-order valence-corrected chi connectivity index (χ2v) is 10.8. The van der Waals surface area contributed by atoms with Gasteiger partial charge in [0.25, 0.3) is 5.91 Å². The Morgan fingerprint density at radius 3 is 2.50 bits per heavy atom. The van der Waals surface area contributed by atoms with Gasteiger partial charge in [0.15, 0.2) is 0 Å². The predicted molar refractivity (Wildman–Crippen MR) is 119 cm³/mol. The number of piperidine rings is 1. The number of halogens is 1. The fraction of sp³-hybridized carbons (Fsp3) is 0.591. The number of fused-ring (bicyclic) bond motifs is 1. The minimum atomic E-state index is -3.80. The highest BCUT2D eigenvalue weighted by Crippen LogP contribution is 2.29. The molecule has 12 heteroatoms. The Hall–Kier alpha value is -2.41. The Kier molecular flexibility index (Phi) is 7.31. The number of benzene rings is 1. The third-order valence-corrected chi connectivity index (χ3v) is 8.41. The highest BCUT2D eigenvalue weighted by molar-refractivity contribution is 7.89. The van der Waals surface area contributed by atoms with Crippen LogP contribution in [0.5, 0.6) is 0 Å². The molecule has 4 rings (SSSR count). The van der Waals surface area contributed by atoms with Crippen molar-refractivity contribution in [3.8, 4) is 0 Å². The molecule has 0 aromatic heterocycles. The number of likely N-dealkylation sites (N-methyl/N-ethyl adjacent to an activating group) is 1. The lowest BCUT2D eigenvalue weighted by atomic mass is 9.95. The van der Waals surface area contributed by atoms with Gasteiger partial charge in [-0.25, -0.2) is 12.8 Å². The predicted octanol–water partition coefficient (Wildman–Crippen LogP) is -0.352. The summed E-state index contributed by atoms with van der Waals surface area (Å²) in [7, 11) is -2.26. The molecular weight excluding hydrogens is 467 g/mol. The first-order valence-electron chi connectivity index (χ1n) is 11.3. The summed E-state index contributed by atoms with van der Waals surface area (Å²) in [5.74, 6) is -2.74. The first-order chi connectivity index (χ1) is 16.2. The van der Waals surface area contributed by atoms with Crippen LogP contribution in [0.15, 0.2) is 24.3 Å². The van der Waals surface area contributed by atoms with Crippen molar-refractivity contribution < 1.29 is 31.9 Å². The molecule has 34 heavy (non-hydrogen) atoms. The van der Waals surface area contributed by atoms with E-state index in [-0.39, 0.29) is 45.2 Å². The van der Waals surface area contributed by atoms with Crippen molar-refractivity contribution >= 4 is 27.6 Å². The summed E-state index contributed by atoms with van der Waals surface area (Å²) in [6, 6.07) is 5.39. The van der Waals surface area contributed by atoms with Crippen molar-refractivity contribution in [2.24, 2.45) is 0 Å². The highest BCUT2D eigenvalue weighted by Gasteiger charge is 2.47. The van der Waals surface area contributed by atoms with Crippen molar-refractivity contribution in [2.75, 3.05) is 52.2 Å². The van der Waals surface area contributed by atoms with E-state index in [2.05, 4.69) is 0 Å². The van der Waals surface area contributed by atoms with E-state index in [1.807, 2.05) is 0 Å². The number of nitrogens with zero attached hydrogens (tertiary/aromatic N) is 4. The molecule has 3 aliphatic heterocycles. The largest absolute Gasteiger partial charge is 0.379 e. The van der Waals surface area contributed by atoms with Crippen LogP contribution in [0.4, 0.5) is 4.39 Å². The van der Waals surface area contributed by atoms with Gasteiger partial charge in [0, 0.05) is 33.2 Å². The zero-order chi connectivity index (χ0) is 24.5. The van der Waals surface area contributed by atoms with Crippen LogP contribution in [-0.2, 0) is 35.7 Å². The second-order valence-electron chi connectivity index (χ2n) is 8.85. The Labute approximate surface area is 198 Å². The maximum absolute atomic E-state index is 13.3. The smallest absolute Gasteiger partial charge is 0.292 e. The molecule has 3 fully saturated rings. The lowest BCUT2D eigenvalue weighted by Crippen LogP contribution is -2.69. The first kappa shape index (κ1) is 24.7. The molecule has 10 nitrogen and oxygen atoms in total. The number of ketones is 1. The third-order valence-electron chi connectivity index (χ3n) is 6.64. The molecule has 0 saturated carbocycles.